The average Bonchev–Trinajstić information content (AvgIpc) is 2.35. The number of nitrogens with two attached hydrogens (primary N) is 1. The predicted molar refractivity (Wildman–Crippen MR) is 86.3 cm³/mol. The van der Waals surface area contributed by atoms with E-state index in [1.807, 2.05) is 0 Å². The SMILES string of the molecule is CC(C)(C)NS(=O)(=O)c1c(N)cccc1-c1cccc(F)c1. The highest BCUT2D eigenvalue weighted by Crippen LogP contribution is 2.32. The normalized spacial score (nSPS) is 12.4. The number of benzene rings is 2. The van der Waals surface area contributed by atoms with Crippen LogP contribution in [-0.2, 0) is 10.0 Å². The van der Waals surface area contributed by atoms with E-state index < -0.39 is 21.4 Å². The van der Waals surface area contributed by atoms with Gasteiger partial charge in [-0.05, 0) is 44.5 Å². The van der Waals surface area contributed by atoms with Crippen molar-refractivity contribution in [1.29, 1.82) is 0 Å². The van der Waals surface area contributed by atoms with Crippen molar-refractivity contribution in [3.63, 3.8) is 0 Å². The van der Waals surface area contributed by atoms with E-state index in [2.05, 4.69) is 4.72 Å². The smallest absolute Gasteiger partial charge is 0.243 e. The van der Waals surface area contributed by atoms with E-state index >= 15 is 0 Å². The zero-order valence-electron chi connectivity index (χ0n) is 12.7. The summed E-state index contributed by atoms with van der Waals surface area (Å²) in [6.07, 6.45) is 0. The minimum absolute atomic E-state index is 0.0319. The van der Waals surface area contributed by atoms with Gasteiger partial charge in [0.15, 0.2) is 0 Å². The molecule has 0 radical (unpaired) electrons. The maximum atomic E-state index is 13.5. The second-order valence-corrected chi connectivity index (χ2v) is 7.71. The molecule has 0 aliphatic rings. The quantitative estimate of drug-likeness (QED) is 0.853. The second kappa shape index (κ2) is 5.70. The van der Waals surface area contributed by atoms with E-state index in [4.69, 9.17) is 5.73 Å². The summed E-state index contributed by atoms with van der Waals surface area (Å²) in [5.41, 5.74) is 6.19. The first kappa shape index (κ1) is 16.5. The molecule has 6 heteroatoms. The number of nitrogen functional groups attached to an aromatic ring is 1. The topological polar surface area (TPSA) is 72.2 Å². The summed E-state index contributed by atoms with van der Waals surface area (Å²) in [6, 6.07) is 10.5. The van der Waals surface area contributed by atoms with E-state index in [1.165, 1.54) is 24.3 Å². The maximum absolute atomic E-state index is 13.5. The lowest BCUT2D eigenvalue weighted by Crippen LogP contribution is -2.40. The Labute approximate surface area is 130 Å². The Hall–Kier alpha value is -1.92. The zero-order chi connectivity index (χ0) is 16.5. The highest BCUT2D eigenvalue weighted by molar-refractivity contribution is 7.89. The number of halogens is 1. The third kappa shape index (κ3) is 3.64. The largest absolute Gasteiger partial charge is 0.398 e. The Morgan fingerprint density at radius 3 is 2.32 bits per heavy atom. The molecule has 0 unspecified atom stereocenters. The van der Waals surface area contributed by atoms with Gasteiger partial charge in [-0.25, -0.2) is 17.5 Å². The average molecular weight is 322 g/mol. The fourth-order valence-corrected chi connectivity index (χ4v) is 3.95. The summed E-state index contributed by atoms with van der Waals surface area (Å²) in [6.45, 7) is 5.22. The van der Waals surface area contributed by atoms with Crippen molar-refractivity contribution in [2.24, 2.45) is 0 Å². The first-order valence-corrected chi connectivity index (χ1v) is 8.27. The molecule has 4 nitrogen and oxygen atoms in total. The summed E-state index contributed by atoms with van der Waals surface area (Å²) in [4.78, 5) is -0.0319. The van der Waals surface area contributed by atoms with Crippen LogP contribution >= 0.6 is 0 Å². The minimum Gasteiger partial charge on any atom is -0.398 e. The van der Waals surface area contributed by atoms with Crippen molar-refractivity contribution in [2.75, 3.05) is 5.73 Å². The van der Waals surface area contributed by atoms with Crippen LogP contribution in [0.1, 0.15) is 20.8 Å². The summed E-state index contributed by atoms with van der Waals surface area (Å²) in [5, 5.41) is 0. The van der Waals surface area contributed by atoms with Crippen LogP contribution in [0.5, 0.6) is 0 Å². The van der Waals surface area contributed by atoms with Crippen molar-refractivity contribution in [2.45, 2.75) is 31.2 Å². The second-order valence-electron chi connectivity index (χ2n) is 6.09. The Morgan fingerprint density at radius 2 is 1.73 bits per heavy atom. The van der Waals surface area contributed by atoms with Crippen molar-refractivity contribution >= 4 is 15.7 Å². The van der Waals surface area contributed by atoms with E-state index in [-0.39, 0.29) is 10.6 Å². The van der Waals surface area contributed by atoms with Gasteiger partial charge in [0, 0.05) is 11.1 Å². The van der Waals surface area contributed by atoms with Crippen LogP contribution in [0.25, 0.3) is 11.1 Å². The molecule has 0 heterocycles. The first-order valence-electron chi connectivity index (χ1n) is 6.78. The Bertz CT molecular complexity index is 796. The molecule has 2 aromatic rings. The van der Waals surface area contributed by atoms with E-state index in [0.29, 0.717) is 11.1 Å². The fraction of sp³-hybridized carbons (Fsp3) is 0.250. The van der Waals surface area contributed by atoms with Crippen LogP contribution in [0.15, 0.2) is 47.4 Å². The third-order valence-corrected chi connectivity index (χ3v) is 4.76. The van der Waals surface area contributed by atoms with Crippen LogP contribution in [-0.4, -0.2) is 14.0 Å². The molecule has 0 aliphatic carbocycles. The molecule has 0 fully saturated rings. The lowest BCUT2D eigenvalue weighted by molar-refractivity contribution is 0.492. The van der Waals surface area contributed by atoms with Crippen molar-refractivity contribution in [3.8, 4) is 11.1 Å². The fourth-order valence-electron chi connectivity index (χ4n) is 2.19. The predicted octanol–water partition coefficient (Wildman–Crippen LogP) is 3.15. The van der Waals surface area contributed by atoms with Gasteiger partial charge < -0.3 is 5.73 Å². The standard InChI is InChI=1S/C16H19FN2O2S/c1-16(2,3)19-22(20,21)15-13(8-5-9-14(15)18)11-6-4-7-12(17)10-11/h4-10,19H,18H2,1-3H3. The molecule has 0 spiro atoms. The molecule has 2 aromatic carbocycles. The molecule has 0 atom stereocenters. The summed E-state index contributed by atoms with van der Waals surface area (Å²) >= 11 is 0. The van der Waals surface area contributed by atoms with Gasteiger partial charge in [-0.1, -0.05) is 24.3 Å². The summed E-state index contributed by atoms with van der Waals surface area (Å²) in [7, 11) is -3.84. The Balaban J connectivity index is 2.67. The number of hydrogen-bond donors (Lipinski definition) is 2. The molecular formula is C16H19FN2O2S. The van der Waals surface area contributed by atoms with Crippen LogP contribution < -0.4 is 10.5 Å². The maximum Gasteiger partial charge on any atom is 0.243 e. The van der Waals surface area contributed by atoms with Crippen molar-refractivity contribution in [3.05, 3.63) is 48.3 Å². The highest BCUT2D eigenvalue weighted by atomic mass is 32.2. The number of hydrogen-bond acceptors (Lipinski definition) is 3. The number of anilines is 1. The highest BCUT2D eigenvalue weighted by Gasteiger charge is 2.27. The molecule has 0 aliphatic heterocycles. The number of nitrogens with one attached hydrogen (secondary N) is 1. The van der Waals surface area contributed by atoms with E-state index in [0.717, 1.165) is 0 Å². The lowest BCUT2D eigenvalue weighted by Gasteiger charge is -2.22. The molecule has 2 rings (SSSR count). The van der Waals surface area contributed by atoms with Gasteiger partial charge in [0.05, 0.1) is 5.69 Å². The molecule has 0 saturated heterocycles. The number of rotatable bonds is 3. The molecular weight excluding hydrogens is 303 g/mol. The summed E-state index contributed by atoms with van der Waals surface area (Å²) < 4.78 is 41.4. The van der Waals surface area contributed by atoms with Gasteiger partial charge in [0.1, 0.15) is 10.7 Å². The molecule has 0 bridgehead atoms. The van der Waals surface area contributed by atoms with Gasteiger partial charge >= 0.3 is 0 Å². The van der Waals surface area contributed by atoms with Gasteiger partial charge in [-0.15, -0.1) is 0 Å². The van der Waals surface area contributed by atoms with E-state index in [9.17, 15) is 12.8 Å². The third-order valence-electron chi connectivity index (χ3n) is 2.89. The van der Waals surface area contributed by atoms with Crippen LogP contribution in [0.3, 0.4) is 0 Å². The summed E-state index contributed by atoms with van der Waals surface area (Å²) in [5.74, 6) is -0.438. The number of sulfonamides is 1. The van der Waals surface area contributed by atoms with E-state index in [1.54, 1.807) is 39.0 Å². The van der Waals surface area contributed by atoms with Crippen LogP contribution in [0.4, 0.5) is 10.1 Å². The molecule has 0 saturated carbocycles. The monoisotopic (exact) mass is 322 g/mol. The molecule has 0 amide bonds. The Morgan fingerprint density at radius 1 is 1.09 bits per heavy atom. The van der Waals surface area contributed by atoms with Crippen LogP contribution in [0.2, 0.25) is 0 Å². The molecule has 3 N–H and O–H groups in total. The van der Waals surface area contributed by atoms with Gasteiger partial charge in [0.2, 0.25) is 10.0 Å². The Kier molecular flexibility index (Phi) is 4.26. The zero-order valence-corrected chi connectivity index (χ0v) is 13.5. The molecule has 0 aromatic heterocycles. The van der Waals surface area contributed by atoms with Gasteiger partial charge in [-0.2, -0.15) is 0 Å². The van der Waals surface area contributed by atoms with Crippen molar-refractivity contribution in [1.82, 2.24) is 4.72 Å². The molecule has 22 heavy (non-hydrogen) atoms. The minimum atomic E-state index is -3.84. The van der Waals surface area contributed by atoms with Crippen molar-refractivity contribution < 1.29 is 12.8 Å². The van der Waals surface area contributed by atoms with Crippen LogP contribution in [0, 0.1) is 5.82 Å². The van der Waals surface area contributed by atoms with Gasteiger partial charge in [-0.3, -0.25) is 0 Å². The first-order chi connectivity index (χ1) is 10.1. The lowest BCUT2D eigenvalue weighted by atomic mass is 10.1. The molecule has 118 valence electrons. The van der Waals surface area contributed by atoms with Gasteiger partial charge in [0.25, 0.3) is 0 Å².